The van der Waals surface area contributed by atoms with Gasteiger partial charge >= 0.3 is 0 Å². The van der Waals surface area contributed by atoms with Crippen molar-refractivity contribution in [3.05, 3.63) is 100 Å². The van der Waals surface area contributed by atoms with E-state index < -0.39 is 10.0 Å². The SMILES string of the molecule is COCCCN(CC(=O)N1CCc2sccc2[C@H]1c1ccccc1)S(=O)(=O)c1cccc2ccccc12. The molecule has 3 aromatic carbocycles. The Kier molecular flexibility index (Phi) is 7.71. The van der Waals surface area contributed by atoms with E-state index >= 15 is 0 Å². The lowest BCUT2D eigenvalue weighted by molar-refractivity contribution is -0.133. The molecule has 1 aromatic heterocycles. The summed E-state index contributed by atoms with van der Waals surface area (Å²) >= 11 is 1.71. The first kappa shape index (κ1) is 25.6. The fourth-order valence-electron chi connectivity index (χ4n) is 5.05. The van der Waals surface area contributed by atoms with Crippen molar-refractivity contribution in [2.75, 3.05) is 33.4 Å². The molecule has 0 radical (unpaired) electrons. The van der Waals surface area contributed by atoms with Crippen LogP contribution in [0.2, 0.25) is 0 Å². The zero-order valence-electron chi connectivity index (χ0n) is 20.7. The molecule has 8 heteroatoms. The highest BCUT2D eigenvalue weighted by Crippen LogP contribution is 2.38. The van der Waals surface area contributed by atoms with Gasteiger partial charge in [-0.2, -0.15) is 4.31 Å². The van der Waals surface area contributed by atoms with Gasteiger partial charge in [-0.1, -0.05) is 66.7 Å². The molecule has 1 amide bonds. The van der Waals surface area contributed by atoms with Gasteiger partial charge in [0.05, 0.1) is 17.5 Å². The Morgan fingerprint density at radius 3 is 2.59 bits per heavy atom. The Morgan fingerprint density at radius 2 is 1.78 bits per heavy atom. The summed E-state index contributed by atoms with van der Waals surface area (Å²) in [5, 5.41) is 3.56. The number of rotatable bonds is 9. The van der Waals surface area contributed by atoms with Gasteiger partial charge in [-0.25, -0.2) is 8.42 Å². The molecule has 0 N–H and O–H groups in total. The number of thiophene rings is 1. The summed E-state index contributed by atoms with van der Waals surface area (Å²) in [6.45, 7) is 0.924. The van der Waals surface area contributed by atoms with Crippen LogP contribution >= 0.6 is 11.3 Å². The van der Waals surface area contributed by atoms with E-state index in [4.69, 9.17) is 4.74 Å². The molecule has 1 aliphatic heterocycles. The Hall–Kier alpha value is -3.04. The molecule has 1 atom stereocenters. The lowest BCUT2D eigenvalue weighted by Crippen LogP contribution is -2.47. The molecule has 0 aliphatic carbocycles. The van der Waals surface area contributed by atoms with Crippen LogP contribution in [0.5, 0.6) is 0 Å². The van der Waals surface area contributed by atoms with Crippen LogP contribution in [0.15, 0.2) is 89.1 Å². The molecular weight excluding hydrogens is 504 g/mol. The topological polar surface area (TPSA) is 66.9 Å². The third kappa shape index (κ3) is 5.20. The van der Waals surface area contributed by atoms with Crippen molar-refractivity contribution in [2.24, 2.45) is 0 Å². The van der Waals surface area contributed by atoms with Gasteiger partial charge in [0.25, 0.3) is 0 Å². The Labute approximate surface area is 222 Å². The monoisotopic (exact) mass is 534 g/mol. The van der Waals surface area contributed by atoms with E-state index in [1.807, 2.05) is 65.6 Å². The van der Waals surface area contributed by atoms with Crippen molar-refractivity contribution in [2.45, 2.75) is 23.8 Å². The van der Waals surface area contributed by atoms with Gasteiger partial charge in [-0.3, -0.25) is 4.79 Å². The summed E-state index contributed by atoms with van der Waals surface area (Å²) < 4.78 is 34.5. The zero-order chi connectivity index (χ0) is 25.8. The quantitative estimate of drug-likeness (QED) is 0.280. The lowest BCUT2D eigenvalue weighted by atomic mass is 9.93. The van der Waals surface area contributed by atoms with Gasteiger partial charge in [0.1, 0.15) is 0 Å². The first-order chi connectivity index (χ1) is 18.0. The molecule has 0 fully saturated rings. The third-order valence-corrected chi connectivity index (χ3v) is 9.74. The van der Waals surface area contributed by atoms with Crippen molar-refractivity contribution in [3.63, 3.8) is 0 Å². The number of fused-ring (bicyclic) bond motifs is 2. The highest BCUT2D eigenvalue weighted by Gasteiger charge is 2.35. The van der Waals surface area contributed by atoms with Crippen molar-refractivity contribution in [3.8, 4) is 0 Å². The van der Waals surface area contributed by atoms with E-state index in [9.17, 15) is 13.2 Å². The highest BCUT2D eigenvalue weighted by atomic mass is 32.2. The second-order valence-electron chi connectivity index (χ2n) is 9.11. The maximum absolute atomic E-state index is 14.0. The van der Waals surface area contributed by atoms with Gasteiger partial charge < -0.3 is 9.64 Å². The average molecular weight is 535 g/mol. The van der Waals surface area contributed by atoms with Crippen LogP contribution in [0.1, 0.15) is 28.5 Å². The van der Waals surface area contributed by atoms with Crippen LogP contribution in [-0.4, -0.2) is 56.9 Å². The molecule has 6 nitrogen and oxygen atoms in total. The van der Waals surface area contributed by atoms with Gasteiger partial charge in [0.2, 0.25) is 15.9 Å². The molecule has 0 saturated heterocycles. The van der Waals surface area contributed by atoms with Crippen LogP contribution in [0.25, 0.3) is 10.8 Å². The van der Waals surface area contributed by atoms with Gasteiger partial charge in [-0.15, -0.1) is 11.3 Å². The number of hydrogen-bond donors (Lipinski definition) is 0. The number of nitrogens with zero attached hydrogens (tertiary/aromatic N) is 2. The van der Waals surface area contributed by atoms with Crippen LogP contribution in [-0.2, 0) is 26.0 Å². The number of benzene rings is 3. The fourth-order valence-corrected chi connectivity index (χ4v) is 7.60. The van der Waals surface area contributed by atoms with E-state index in [1.54, 1.807) is 30.6 Å². The largest absolute Gasteiger partial charge is 0.385 e. The first-order valence-electron chi connectivity index (χ1n) is 12.4. The van der Waals surface area contributed by atoms with Gasteiger partial charge in [0, 0.05) is 37.1 Å². The molecule has 192 valence electrons. The number of hydrogen-bond acceptors (Lipinski definition) is 5. The molecule has 5 rings (SSSR count). The summed E-state index contributed by atoms with van der Waals surface area (Å²) in [6.07, 6.45) is 1.26. The Balaban J connectivity index is 1.49. The van der Waals surface area contributed by atoms with Crippen LogP contribution in [0.4, 0.5) is 0 Å². The average Bonchev–Trinajstić information content (AvgIpc) is 3.41. The number of sulfonamides is 1. The van der Waals surface area contributed by atoms with Crippen molar-refractivity contribution in [1.82, 2.24) is 9.21 Å². The second kappa shape index (κ2) is 11.1. The highest BCUT2D eigenvalue weighted by molar-refractivity contribution is 7.89. The maximum atomic E-state index is 14.0. The number of methoxy groups -OCH3 is 1. The molecule has 37 heavy (non-hydrogen) atoms. The normalized spacial score (nSPS) is 15.7. The van der Waals surface area contributed by atoms with E-state index in [0.29, 0.717) is 25.0 Å². The predicted molar refractivity (Wildman–Crippen MR) is 147 cm³/mol. The van der Waals surface area contributed by atoms with Crippen LogP contribution in [0, 0.1) is 0 Å². The van der Waals surface area contributed by atoms with Crippen molar-refractivity contribution < 1.29 is 17.9 Å². The Morgan fingerprint density at radius 1 is 1.03 bits per heavy atom. The fraction of sp³-hybridized carbons (Fsp3) is 0.276. The minimum Gasteiger partial charge on any atom is -0.385 e. The number of carbonyl (C=O) groups excluding carboxylic acids is 1. The number of carbonyl (C=O) groups is 1. The number of amides is 1. The molecule has 0 saturated carbocycles. The molecule has 0 spiro atoms. The zero-order valence-corrected chi connectivity index (χ0v) is 22.4. The van der Waals surface area contributed by atoms with E-state index in [-0.39, 0.29) is 29.9 Å². The van der Waals surface area contributed by atoms with Gasteiger partial charge in [0.15, 0.2) is 0 Å². The molecule has 4 aromatic rings. The number of ether oxygens (including phenoxy) is 1. The van der Waals surface area contributed by atoms with Crippen LogP contribution < -0.4 is 0 Å². The van der Waals surface area contributed by atoms with Crippen molar-refractivity contribution in [1.29, 1.82) is 0 Å². The molecule has 2 heterocycles. The molecule has 0 bridgehead atoms. The standard InChI is InChI=1S/C29H30N2O4S2/c1-35-19-8-17-30(37(33,34)27-14-7-12-22-9-5-6-13-24(22)27)21-28(32)31-18-15-26-25(16-20-36-26)29(31)23-10-3-2-4-11-23/h2-7,9-14,16,20,29H,8,15,17-19,21H2,1H3/t29-/m1/s1. The molecule has 1 aliphatic rings. The summed E-state index contributed by atoms with van der Waals surface area (Å²) in [6, 6.07) is 24.5. The predicted octanol–water partition coefficient (Wildman–Crippen LogP) is 5.10. The second-order valence-corrected chi connectivity index (χ2v) is 12.0. The van der Waals surface area contributed by atoms with E-state index in [0.717, 1.165) is 22.9 Å². The minimum atomic E-state index is -3.94. The summed E-state index contributed by atoms with van der Waals surface area (Å²) in [5.41, 5.74) is 2.15. The lowest BCUT2D eigenvalue weighted by Gasteiger charge is -2.37. The summed E-state index contributed by atoms with van der Waals surface area (Å²) in [7, 11) is -2.35. The van der Waals surface area contributed by atoms with Gasteiger partial charge in [-0.05, 0) is 46.9 Å². The Bertz CT molecular complexity index is 1480. The smallest absolute Gasteiger partial charge is 0.244 e. The molecule has 0 unspecified atom stereocenters. The van der Waals surface area contributed by atoms with Crippen molar-refractivity contribution >= 4 is 38.0 Å². The maximum Gasteiger partial charge on any atom is 0.244 e. The van der Waals surface area contributed by atoms with E-state index in [2.05, 4.69) is 11.4 Å². The summed E-state index contributed by atoms with van der Waals surface area (Å²) in [4.78, 5) is 17.2. The minimum absolute atomic E-state index is 0.193. The summed E-state index contributed by atoms with van der Waals surface area (Å²) in [5.74, 6) is -0.202. The molecular formula is C29H30N2O4S2. The third-order valence-electron chi connectivity index (χ3n) is 6.84. The first-order valence-corrected chi connectivity index (χ1v) is 14.7. The van der Waals surface area contributed by atoms with E-state index in [1.165, 1.54) is 9.18 Å². The van der Waals surface area contributed by atoms with Crippen LogP contribution in [0.3, 0.4) is 0 Å².